The van der Waals surface area contributed by atoms with Crippen LogP contribution in [0.4, 0.5) is 0 Å². The quantitative estimate of drug-likeness (QED) is 0.304. The van der Waals surface area contributed by atoms with Gasteiger partial charge in [-0.3, -0.25) is 9.59 Å². The topological polar surface area (TPSA) is 93.1 Å². The molecule has 0 bridgehead atoms. The molecule has 0 spiro atoms. The van der Waals surface area contributed by atoms with Crippen molar-refractivity contribution in [2.24, 2.45) is 5.92 Å². The lowest BCUT2D eigenvalue weighted by molar-refractivity contribution is -0.156. The van der Waals surface area contributed by atoms with Gasteiger partial charge in [0.05, 0.1) is 25.6 Å². The van der Waals surface area contributed by atoms with Crippen LogP contribution in [0, 0.1) is 5.92 Å². The van der Waals surface area contributed by atoms with Crippen LogP contribution in [0.25, 0.3) is 0 Å². The number of carbonyl (C=O) groups is 2. The largest absolute Gasteiger partial charge is 0.463 e. The summed E-state index contributed by atoms with van der Waals surface area (Å²) in [5, 5.41) is 17.3. The molecule has 0 radical (unpaired) electrons. The second kappa shape index (κ2) is 14.5. The first-order valence-corrected chi connectivity index (χ1v) is 7.84. The van der Waals surface area contributed by atoms with E-state index in [4.69, 9.17) is 19.7 Å². The van der Waals surface area contributed by atoms with Gasteiger partial charge in [0.25, 0.3) is 0 Å². The Morgan fingerprint density at radius 1 is 1.05 bits per heavy atom. The molecule has 6 heteroatoms. The standard InChI is InChI=1S/C16H28O6/c1-2-3-4-5-6-7-8-14(16(20)22-12-10-18)13-15(19)21-11-9-17/h3-4,14,17-18H,2,5-13H2,1H3/b4-3+. The van der Waals surface area contributed by atoms with Gasteiger partial charge in [-0.2, -0.15) is 0 Å². The Morgan fingerprint density at radius 3 is 2.36 bits per heavy atom. The van der Waals surface area contributed by atoms with E-state index in [1.54, 1.807) is 0 Å². The zero-order valence-corrected chi connectivity index (χ0v) is 13.3. The van der Waals surface area contributed by atoms with Gasteiger partial charge in [0, 0.05) is 0 Å². The molecule has 0 amide bonds. The van der Waals surface area contributed by atoms with Crippen LogP contribution >= 0.6 is 0 Å². The van der Waals surface area contributed by atoms with E-state index >= 15 is 0 Å². The summed E-state index contributed by atoms with van der Waals surface area (Å²) >= 11 is 0. The van der Waals surface area contributed by atoms with Gasteiger partial charge in [-0.15, -0.1) is 0 Å². The molecular weight excluding hydrogens is 288 g/mol. The molecule has 0 aromatic rings. The second-order valence-electron chi connectivity index (χ2n) is 4.90. The number of carbonyl (C=O) groups excluding carboxylic acids is 2. The third-order valence-corrected chi connectivity index (χ3v) is 3.01. The van der Waals surface area contributed by atoms with E-state index in [1.165, 1.54) is 0 Å². The van der Waals surface area contributed by atoms with Crippen LogP contribution in [0.5, 0.6) is 0 Å². The summed E-state index contributed by atoms with van der Waals surface area (Å²) in [5.74, 6) is -1.57. The number of ether oxygens (including phenoxy) is 2. The van der Waals surface area contributed by atoms with Gasteiger partial charge in [0.15, 0.2) is 0 Å². The maximum atomic E-state index is 11.9. The second-order valence-corrected chi connectivity index (χ2v) is 4.90. The third kappa shape index (κ3) is 11.3. The lowest BCUT2D eigenvalue weighted by Crippen LogP contribution is -2.23. The number of allylic oxidation sites excluding steroid dienone is 2. The Bertz CT molecular complexity index is 327. The minimum absolute atomic E-state index is 0.0605. The van der Waals surface area contributed by atoms with Crippen LogP contribution < -0.4 is 0 Å². The van der Waals surface area contributed by atoms with E-state index in [0.717, 1.165) is 25.7 Å². The summed E-state index contributed by atoms with van der Waals surface area (Å²) in [4.78, 5) is 23.4. The molecule has 0 aliphatic rings. The van der Waals surface area contributed by atoms with Crippen molar-refractivity contribution in [2.45, 2.75) is 45.4 Å². The molecule has 0 aromatic carbocycles. The number of rotatable bonds is 13. The van der Waals surface area contributed by atoms with Crippen molar-refractivity contribution < 1.29 is 29.3 Å². The summed E-state index contributed by atoms with van der Waals surface area (Å²) in [6.45, 7) is 1.45. The fourth-order valence-corrected chi connectivity index (χ4v) is 1.92. The maximum Gasteiger partial charge on any atom is 0.309 e. The minimum atomic E-state index is -0.562. The summed E-state index contributed by atoms with van der Waals surface area (Å²) in [6, 6.07) is 0. The molecule has 0 aliphatic heterocycles. The average molecular weight is 316 g/mol. The van der Waals surface area contributed by atoms with Crippen molar-refractivity contribution in [3.05, 3.63) is 12.2 Å². The zero-order valence-electron chi connectivity index (χ0n) is 13.3. The molecule has 0 saturated heterocycles. The summed E-state index contributed by atoms with van der Waals surface area (Å²) in [6.07, 6.45) is 8.38. The summed E-state index contributed by atoms with van der Waals surface area (Å²) in [7, 11) is 0. The van der Waals surface area contributed by atoms with Gasteiger partial charge >= 0.3 is 11.9 Å². The van der Waals surface area contributed by atoms with Gasteiger partial charge in [0.2, 0.25) is 0 Å². The first-order valence-electron chi connectivity index (χ1n) is 7.84. The Kier molecular flexibility index (Phi) is 13.6. The van der Waals surface area contributed by atoms with Crippen molar-refractivity contribution in [1.82, 2.24) is 0 Å². The number of unbranched alkanes of at least 4 members (excludes halogenated alkanes) is 2. The Morgan fingerprint density at radius 2 is 1.73 bits per heavy atom. The molecule has 6 nitrogen and oxygen atoms in total. The molecule has 0 heterocycles. The lowest BCUT2D eigenvalue weighted by Gasteiger charge is -2.15. The predicted octanol–water partition coefficient (Wildman–Crippen LogP) is 1.59. The van der Waals surface area contributed by atoms with E-state index in [9.17, 15) is 9.59 Å². The highest BCUT2D eigenvalue weighted by molar-refractivity contribution is 5.79. The van der Waals surface area contributed by atoms with E-state index in [0.29, 0.717) is 6.42 Å². The summed E-state index contributed by atoms with van der Waals surface area (Å²) < 4.78 is 9.67. The number of hydrogen-bond donors (Lipinski definition) is 2. The molecule has 22 heavy (non-hydrogen) atoms. The average Bonchev–Trinajstić information content (AvgIpc) is 2.52. The first kappa shape index (κ1) is 20.6. The van der Waals surface area contributed by atoms with Crippen molar-refractivity contribution in [3.63, 3.8) is 0 Å². The molecule has 1 unspecified atom stereocenters. The third-order valence-electron chi connectivity index (χ3n) is 3.01. The fourth-order valence-electron chi connectivity index (χ4n) is 1.92. The van der Waals surface area contributed by atoms with Gasteiger partial charge in [0.1, 0.15) is 13.2 Å². The molecule has 0 aromatic heterocycles. The van der Waals surface area contributed by atoms with Crippen LogP contribution in [0.15, 0.2) is 12.2 Å². The van der Waals surface area contributed by atoms with E-state index in [-0.39, 0.29) is 32.8 Å². The number of esters is 2. The van der Waals surface area contributed by atoms with Gasteiger partial charge in [-0.1, -0.05) is 25.5 Å². The highest BCUT2D eigenvalue weighted by Crippen LogP contribution is 2.17. The molecule has 2 N–H and O–H groups in total. The molecule has 0 fully saturated rings. The van der Waals surface area contributed by atoms with Crippen molar-refractivity contribution in [1.29, 1.82) is 0 Å². The molecule has 0 aliphatic carbocycles. The number of hydrogen-bond acceptors (Lipinski definition) is 6. The Balaban J connectivity index is 4.23. The highest BCUT2D eigenvalue weighted by atomic mass is 16.5. The van der Waals surface area contributed by atoms with Crippen molar-refractivity contribution >= 4 is 11.9 Å². The van der Waals surface area contributed by atoms with E-state index in [1.807, 2.05) is 0 Å². The lowest BCUT2D eigenvalue weighted by atomic mass is 9.98. The monoisotopic (exact) mass is 316 g/mol. The molecule has 1 atom stereocenters. The molecule has 0 saturated carbocycles. The smallest absolute Gasteiger partial charge is 0.309 e. The molecular formula is C16H28O6. The number of aliphatic hydroxyl groups excluding tert-OH is 2. The van der Waals surface area contributed by atoms with Crippen LogP contribution in [0.3, 0.4) is 0 Å². The fraction of sp³-hybridized carbons (Fsp3) is 0.750. The highest BCUT2D eigenvalue weighted by Gasteiger charge is 2.23. The number of aliphatic hydroxyl groups is 2. The van der Waals surface area contributed by atoms with E-state index < -0.39 is 17.9 Å². The summed E-state index contributed by atoms with van der Waals surface area (Å²) in [5.41, 5.74) is 0. The van der Waals surface area contributed by atoms with Gasteiger partial charge in [-0.25, -0.2) is 0 Å². The minimum Gasteiger partial charge on any atom is -0.463 e. The van der Waals surface area contributed by atoms with E-state index in [2.05, 4.69) is 19.1 Å². The Labute approximate surface area is 132 Å². The van der Waals surface area contributed by atoms with Crippen molar-refractivity contribution in [3.8, 4) is 0 Å². The normalized spacial score (nSPS) is 12.3. The molecule has 128 valence electrons. The van der Waals surface area contributed by atoms with Gasteiger partial charge in [-0.05, 0) is 25.7 Å². The predicted molar refractivity (Wildman–Crippen MR) is 82.1 cm³/mol. The van der Waals surface area contributed by atoms with Crippen LogP contribution in [0.1, 0.15) is 45.4 Å². The maximum absolute atomic E-state index is 11.9. The van der Waals surface area contributed by atoms with Crippen LogP contribution in [0.2, 0.25) is 0 Å². The van der Waals surface area contributed by atoms with Gasteiger partial charge < -0.3 is 19.7 Å². The van der Waals surface area contributed by atoms with Crippen LogP contribution in [-0.2, 0) is 19.1 Å². The van der Waals surface area contributed by atoms with Crippen molar-refractivity contribution in [2.75, 3.05) is 26.4 Å². The zero-order chi connectivity index (χ0) is 16.6. The van der Waals surface area contributed by atoms with Crippen LogP contribution in [-0.4, -0.2) is 48.6 Å². The molecule has 0 rings (SSSR count). The Hall–Kier alpha value is -1.40. The first-order chi connectivity index (χ1) is 10.7. The SMILES string of the molecule is CC/C=C/CCCCC(CC(=O)OCCO)C(=O)OCCO.